The molecule has 0 fully saturated rings. The lowest BCUT2D eigenvalue weighted by Gasteiger charge is -2.16. The molecule has 8 heteroatoms. The second-order valence-corrected chi connectivity index (χ2v) is 7.34. The number of aryl methyl sites for hydroxylation is 1. The van der Waals surface area contributed by atoms with E-state index in [1.54, 1.807) is 13.1 Å². The van der Waals surface area contributed by atoms with Crippen LogP contribution in [0.25, 0.3) is 11.2 Å². The van der Waals surface area contributed by atoms with Crippen LogP contribution in [0.2, 0.25) is 0 Å². The highest BCUT2D eigenvalue weighted by Gasteiger charge is 2.28. The van der Waals surface area contributed by atoms with Crippen LogP contribution in [-0.2, 0) is 20.1 Å². The number of para-hydroxylation sites is 1. The molecule has 2 aromatic carbocycles. The number of hydrogen-bond acceptors (Lipinski definition) is 5. The Labute approximate surface area is 177 Å². The number of fused-ring (bicyclic) bond motifs is 3. The topological polar surface area (TPSA) is 74.3 Å². The zero-order valence-corrected chi connectivity index (χ0v) is 17.1. The van der Waals surface area contributed by atoms with Gasteiger partial charge in [0.05, 0.1) is 0 Å². The van der Waals surface area contributed by atoms with Crippen molar-refractivity contribution in [3.8, 4) is 11.5 Å². The van der Waals surface area contributed by atoms with Crippen molar-refractivity contribution in [3.63, 3.8) is 0 Å². The third-order valence-corrected chi connectivity index (χ3v) is 5.44. The van der Waals surface area contributed by atoms with E-state index in [0.717, 1.165) is 17.2 Å². The van der Waals surface area contributed by atoms with Crippen LogP contribution in [0.1, 0.15) is 0 Å². The first-order valence-corrected chi connectivity index (χ1v) is 10.00. The average Bonchev–Trinajstić information content (AvgIpc) is 3.36. The molecule has 0 saturated carbocycles. The van der Waals surface area contributed by atoms with E-state index in [2.05, 4.69) is 11.6 Å². The van der Waals surface area contributed by atoms with Gasteiger partial charge in [-0.1, -0.05) is 24.3 Å². The third kappa shape index (κ3) is 3.04. The van der Waals surface area contributed by atoms with Gasteiger partial charge in [-0.25, -0.2) is 4.79 Å². The maximum Gasteiger partial charge on any atom is 0.332 e. The quantitative estimate of drug-likeness (QED) is 0.469. The Morgan fingerprint density at radius 2 is 1.74 bits per heavy atom. The molecule has 0 radical (unpaired) electrons. The van der Waals surface area contributed by atoms with Gasteiger partial charge in [0, 0.05) is 32.4 Å². The van der Waals surface area contributed by atoms with Crippen molar-refractivity contribution < 1.29 is 4.74 Å². The van der Waals surface area contributed by atoms with Crippen molar-refractivity contribution in [3.05, 3.63) is 88.1 Å². The molecule has 1 aliphatic rings. The van der Waals surface area contributed by atoms with E-state index in [4.69, 9.17) is 4.74 Å². The molecule has 0 amide bonds. The maximum absolute atomic E-state index is 13.0. The monoisotopic (exact) mass is 415 g/mol. The van der Waals surface area contributed by atoms with Crippen LogP contribution in [-0.4, -0.2) is 25.2 Å². The summed E-state index contributed by atoms with van der Waals surface area (Å²) in [6.45, 7) is 5.09. The number of hydrogen-bond donors (Lipinski definition) is 0. The molecule has 0 unspecified atom stereocenters. The fourth-order valence-electron chi connectivity index (χ4n) is 3.93. The molecule has 0 N–H and O–H groups in total. The highest BCUT2D eigenvalue weighted by molar-refractivity contribution is 5.77. The summed E-state index contributed by atoms with van der Waals surface area (Å²) in [4.78, 5) is 32.2. The van der Waals surface area contributed by atoms with E-state index >= 15 is 0 Å². The minimum atomic E-state index is -0.400. The highest BCUT2D eigenvalue weighted by atomic mass is 16.5. The summed E-state index contributed by atoms with van der Waals surface area (Å²) in [5.74, 6) is 2.16. The number of imidazole rings is 1. The summed E-state index contributed by atoms with van der Waals surface area (Å²) in [5, 5.41) is 0. The number of nitrogens with zero attached hydrogens (tertiary/aromatic N) is 5. The largest absolute Gasteiger partial charge is 0.457 e. The minimum absolute atomic E-state index is 0.161. The Morgan fingerprint density at radius 3 is 2.45 bits per heavy atom. The molecular weight excluding hydrogens is 394 g/mol. The summed E-state index contributed by atoms with van der Waals surface area (Å²) in [6.07, 6.45) is 1.54. The molecule has 4 aromatic rings. The minimum Gasteiger partial charge on any atom is -0.457 e. The molecule has 31 heavy (non-hydrogen) atoms. The molecule has 1 aliphatic heterocycles. The summed E-state index contributed by atoms with van der Waals surface area (Å²) in [7, 11) is 1.63. The van der Waals surface area contributed by atoms with Crippen LogP contribution >= 0.6 is 0 Å². The van der Waals surface area contributed by atoms with Crippen molar-refractivity contribution in [2.24, 2.45) is 7.05 Å². The lowest BCUT2D eigenvalue weighted by atomic mass is 10.2. The number of anilines is 2. The lowest BCUT2D eigenvalue weighted by Crippen LogP contribution is -2.39. The van der Waals surface area contributed by atoms with Crippen LogP contribution < -0.4 is 20.9 Å². The lowest BCUT2D eigenvalue weighted by molar-refractivity contribution is 0.482. The van der Waals surface area contributed by atoms with Crippen LogP contribution in [0.4, 0.5) is 11.6 Å². The van der Waals surface area contributed by atoms with Crippen molar-refractivity contribution >= 4 is 22.8 Å². The Balaban J connectivity index is 1.53. The zero-order chi connectivity index (χ0) is 21.5. The molecule has 0 aliphatic carbocycles. The van der Waals surface area contributed by atoms with E-state index in [1.807, 2.05) is 64.1 Å². The van der Waals surface area contributed by atoms with Gasteiger partial charge in [-0.3, -0.25) is 13.9 Å². The van der Waals surface area contributed by atoms with Gasteiger partial charge >= 0.3 is 5.69 Å². The zero-order valence-electron chi connectivity index (χ0n) is 17.1. The molecule has 0 spiro atoms. The van der Waals surface area contributed by atoms with Gasteiger partial charge < -0.3 is 14.2 Å². The van der Waals surface area contributed by atoms with Crippen LogP contribution in [0.5, 0.6) is 11.5 Å². The first kappa shape index (κ1) is 18.9. The average molecular weight is 415 g/mol. The van der Waals surface area contributed by atoms with Crippen LogP contribution in [0.15, 0.2) is 76.8 Å². The fourth-order valence-corrected chi connectivity index (χ4v) is 3.93. The Hall–Kier alpha value is -4.07. The van der Waals surface area contributed by atoms with Gasteiger partial charge in [-0.05, 0) is 36.4 Å². The summed E-state index contributed by atoms with van der Waals surface area (Å²) >= 11 is 0. The second-order valence-electron chi connectivity index (χ2n) is 7.34. The molecule has 0 saturated heterocycles. The number of ether oxygens (including phenoxy) is 1. The predicted molar refractivity (Wildman–Crippen MR) is 119 cm³/mol. The molecule has 3 heterocycles. The normalized spacial score (nSPS) is 12.9. The third-order valence-electron chi connectivity index (χ3n) is 5.44. The molecule has 0 bridgehead atoms. The maximum atomic E-state index is 13.0. The Morgan fingerprint density at radius 1 is 1.03 bits per heavy atom. The predicted octanol–water partition coefficient (Wildman–Crippen LogP) is 3.03. The number of allylic oxidation sites excluding steroid dienone is 1. The van der Waals surface area contributed by atoms with E-state index < -0.39 is 5.69 Å². The Kier molecular flexibility index (Phi) is 4.47. The van der Waals surface area contributed by atoms with Crippen molar-refractivity contribution in [2.75, 3.05) is 11.4 Å². The smallest absolute Gasteiger partial charge is 0.332 e. The Bertz CT molecular complexity index is 1400. The standard InChI is InChI=1S/C23H21N5O3/c1-3-13-28-21(29)19-20(25(2)23(28)30)24-22-26(14-15-27(19)22)16-9-11-18(12-10-16)31-17-7-5-4-6-8-17/h3-12H,1,13-15H2,2H3. The fraction of sp³-hybridized carbons (Fsp3) is 0.174. The van der Waals surface area contributed by atoms with E-state index in [-0.39, 0.29) is 12.1 Å². The summed E-state index contributed by atoms with van der Waals surface area (Å²) < 4.78 is 10.3. The van der Waals surface area contributed by atoms with Gasteiger partial charge in [-0.2, -0.15) is 4.98 Å². The van der Waals surface area contributed by atoms with E-state index in [1.165, 1.54) is 9.13 Å². The van der Waals surface area contributed by atoms with Crippen molar-refractivity contribution in [1.29, 1.82) is 0 Å². The van der Waals surface area contributed by atoms with Crippen molar-refractivity contribution in [2.45, 2.75) is 13.1 Å². The summed E-state index contributed by atoms with van der Waals surface area (Å²) in [6, 6.07) is 17.3. The summed E-state index contributed by atoms with van der Waals surface area (Å²) in [5.41, 5.74) is 1.02. The number of aromatic nitrogens is 4. The first-order valence-electron chi connectivity index (χ1n) is 10.00. The van der Waals surface area contributed by atoms with Gasteiger partial charge in [0.2, 0.25) is 5.95 Å². The van der Waals surface area contributed by atoms with Crippen LogP contribution in [0, 0.1) is 0 Å². The van der Waals surface area contributed by atoms with Gasteiger partial charge in [0.15, 0.2) is 11.2 Å². The first-order chi connectivity index (χ1) is 15.1. The van der Waals surface area contributed by atoms with Gasteiger partial charge in [-0.15, -0.1) is 6.58 Å². The molecular formula is C23H21N5O3. The van der Waals surface area contributed by atoms with Crippen LogP contribution in [0.3, 0.4) is 0 Å². The van der Waals surface area contributed by atoms with E-state index in [0.29, 0.717) is 30.2 Å². The van der Waals surface area contributed by atoms with Gasteiger partial charge in [0.1, 0.15) is 11.5 Å². The SMILES string of the molecule is C=CCn1c(=O)c2c(nc3n2CCN3c2ccc(Oc3ccccc3)cc2)n(C)c1=O. The van der Waals surface area contributed by atoms with Gasteiger partial charge in [0.25, 0.3) is 5.56 Å². The number of benzene rings is 2. The molecule has 8 nitrogen and oxygen atoms in total. The van der Waals surface area contributed by atoms with E-state index in [9.17, 15) is 9.59 Å². The molecule has 5 rings (SSSR count). The highest BCUT2D eigenvalue weighted by Crippen LogP contribution is 2.33. The second kappa shape index (κ2) is 7.32. The molecule has 156 valence electrons. The number of rotatable bonds is 5. The van der Waals surface area contributed by atoms with Crippen molar-refractivity contribution in [1.82, 2.24) is 18.7 Å². The molecule has 2 aromatic heterocycles. The molecule has 0 atom stereocenters.